The molecule has 8 heteroatoms. The molecular weight excluding hydrogens is 419 g/mol. The Hall–Kier alpha value is -2.29. The molecule has 1 amide bonds. The minimum atomic E-state index is -3.68. The molecule has 0 aromatic heterocycles. The zero-order valence-corrected chi connectivity index (χ0v) is 18.4. The first-order valence-electron chi connectivity index (χ1n) is 10.6. The van der Waals surface area contributed by atoms with Gasteiger partial charge in [-0.25, -0.2) is 12.8 Å². The van der Waals surface area contributed by atoms with E-state index in [2.05, 4.69) is 5.32 Å². The maximum Gasteiger partial charge on any atom is 0.243 e. The summed E-state index contributed by atoms with van der Waals surface area (Å²) in [5, 5.41) is 2.94. The molecule has 31 heavy (non-hydrogen) atoms. The van der Waals surface area contributed by atoms with E-state index in [1.54, 1.807) is 31.2 Å². The molecule has 0 atom stereocenters. The zero-order chi connectivity index (χ0) is 22.1. The fraction of sp³-hybridized carbons (Fsp3) is 0.435. The van der Waals surface area contributed by atoms with E-state index in [1.807, 2.05) is 0 Å². The Balaban J connectivity index is 1.62. The number of hydrogen-bond donors (Lipinski definition) is 1. The lowest BCUT2D eigenvalue weighted by molar-refractivity contribution is -0.121. The van der Waals surface area contributed by atoms with Crippen molar-refractivity contribution < 1.29 is 22.3 Å². The van der Waals surface area contributed by atoms with E-state index < -0.39 is 15.4 Å². The van der Waals surface area contributed by atoms with Crippen molar-refractivity contribution in [1.29, 1.82) is 0 Å². The first-order valence-corrected chi connectivity index (χ1v) is 12.0. The van der Waals surface area contributed by atoms with Crippen LogP contribution in [0, 0.1) is 12.7 Å². The van der Waals surface area contributed by atoms with Gasteiger partial charge in [0.2, 0.25) is 15.9 Å². The van der Waals surface area contributed by atoms with E-state index in [0.29, 0.717) is 50.4 Å². The van der Waals surface area contributed by atoms with E-state index >= 15 is 0 Å². The molecule has 0 spiro atoms. The molecule has 1 saturated carbocycles. The van der Waals surface area contributed by atoms with Gasteiger partial charge in [0, 0.05) is 18.8 Å². The fourth-order valence-corrected chi connectivity index (χ4v) is 6.19. The Bertz CT molecular complexity index is 1060. The lowest BCUT2D eigenvalue weighted by Gasteiger charge is -2.29. The number of morpholine rings is 1. The quantitative estimate of drug-likeness (QED) is 0.761. The lowest BCUT2D eigenvalue weighted by Crippen LogP contribution is -2.41. The highest BCUT2D eigenvalue weighted by atomic mass is 32.2. The first-order chi connectivity index (χ1) is 14.8. The number of hydrogen-bond acceptors (Lipinski definition) is 4. The third-order valence-electron chi connectivity index (χ3n) is 6.32. The van der Waals surface area contributed by atoms with Crippen LogP contribution in [0.2, 0.25) is 0 Å². The highest BCUT2D eigenvalue weighted by Gasteiger charge is 2.42. The largest absolute Gasteiger partial charge is 0.379 e. The number of rotatable bonds is 5. The second kappa shape index (κ2) is 8.68. The molecule has 2 aromatic rings. The number of sulfonamides is 1. The van der Waals surface area contributed by atoms with Gasteiger partial charge in [-0.3, -0.25) is 4.79 Å². The van der Waals surface area contributed by atoms with Gasteiger partial charge in [-0.05, 0) is 55.2 Å². The number of nitrogens with zero attached hydrogens (tertiary/aromatic N) is 1. The molecule has 1 N–H and O–H groups in total. The van der Waals surface area contributed by atoms with Crippen LogP contribution in [0.15, 0.2) is 47.4 Å². The summed E-state index contributed by atoms with van der Waals surface area (Å²) < 4.78 is 46.4. The van der Waals surface area contributed by atoms with Crippen molar-refractivity contribution in [3.05, 3.63) is 59.4 Å². The molecule has 4 rings (SSSR count). The van der Waals surface area contributed by atoms with E-state index in [4.69, 9.17) is 4.74 Å². The molecule has 0 bridgehead atoms. The SMILES string of the molecule is Cc1ccc(NC(=O)C2(c3ccc(F)cc3)CCCC2)cc1S(=O)(=O)N1CCOCC1. The molecule has 1 aliphatic carbocycles. The third-order valence-corrected chi connectivity index (χ3v) is 8.36. The van der Waals surface area contributed by atoms with Gasteiger partial charge >= 0.3 is 0 Å². The van der Waals surface area contributed by atoms with Crippen LogP contribution in [0.5, 0.6) is 0 Å². The van der Waals surface area contributed by atoms with Crippen LogP contribution in [-0.2, 0) is 25.0 Å². The van der Waals surface area contributed by atoms with Gasteiger partial charge in [0.05, 0.1) is 23.5 Å². The Morgan fingerprint density at radius 3 is 2.35 bits per heavy atom. The van der Waals surface area contributed by atoms with Crippen LogP contribution >= 0.6 is 0 Å². The number of benzene rings is 2. The van der Waals surface area contributed by atoms with E-state index in [0.717, 1.165) is 18.4 Å². The second-order valence-corrected chi connectivity index (χ2v) is 10.2. The van der Waals surface area contributed by atoms with Gasteiger partial charge in [0.1, 0.15) is 5.82 Å². The maximum absolute atomic E-state index is 13.4. The molecule has 1 aliphatic heterocycles. The highest BCUT2D eigenvalue weighted by molar-refractivity contribution is 7.89. The number of aryl methyl sites for hydroxylation is 1. The molecule has 0 unspecified atom stereocenters. The average molecular weight is 447 g/mol. The van der Waals surface area contributed by atoms with Crippen molar-refractivity contribution in [3.8, 4) is 0 Å². The molecule has 2 aliphatic rings. The van der Waals surface area contributed by atoms with Crippen molar-refractivity contribution in [1.82, 2.24) is 4.31 Å². The predicted molar refractivity (Wildman–Crippen MR) is 116 cm³/mol. The van der Waals surface area contributed by atoms with Crippen molar-refractivity contribution in [2.75, 3.05) is 31.6 Å². The summed E-state index contributed by atoms with van der Waals surface area (Å²) in [7, 11) is -3.68. The number of carbonyl (C=O) groups is 1. The number of nitrogens with one attached hydrogen (secondary N) is 1. The number of amides is 1. The van der Waals surface area contributed by atoms with Crippen molar-refractivity contribution in [3.63, 3.8) is 0 Å². The second-order valence-electron chi connectivity index (χ2n) is 8.25. The van der Waals surface area contributed by atoms with Gasteiger partial charge in [0.25, 0.3) is 0 Å². The van der Waals surface area contributed by atoms with Crippen molar-refractivity contribution in [2.24, 2.45) is 0 Å². The van der Waals surface area contributed by atoms with Gasteiger partial charge in [-0.2, -0.15) is 4.31 Å². The topological polar surface area (TPSA) is 75.7 Å². The summed E-state index contributed by atoms with van der Waals surface area (Å²) in [5.74, 6) is -0.524. The molecule has 2 aromatic carbocycles. The molecule has 0 radical (unpaired) electrons. The number of anilines is 1. The standard InChI is InChI=1S/C23H27FN2O4S/c1-17-4-9-20(16-21(17)31(28,29)26-12-14-30-15-13-26)25-22(27)23(10-2-3-11-23)18-5-7-19(24)8-6-18/h4-9,16H,2-3,10-15H2,1H3,(H,25,27). The molecule has 2 fully saturated rings. The Morgan fingerprint density at radius 1 is 1.06 bits per heavy atom. The normalized spacial score (nSPS) is 19.3. The highest BCUT2D eigenvalue weighted by Crippen LogP contribution is 2.42. The molecule has 166 valence electrons. The minimum Gasteiger partial charge on any atom is -0.379 e. The summed E-state index contributed by atoms with van der Waals surface area (Å²) in [6.07, 6.45) is 3.18. The fourth-order valence-electron chi connectivity index (χ4n) is 4.53. The number of halogens is 1. The maximum atomic E-state index is 13.4. The third kappa shape index (κ3) is 4.24. The summed E-state index contributed by atoms with van der Waals surface area (Å²) in [6.45, 7) is 3.11. The molecule has 1 saturated heterocycles. The first kappa shape index (κ1) is 21.9. The van der Waals surface area contributed by atoms with Crippen LogP contribution in [0.3, 0.4) is 0 Å². The predicted octanol–water partition coefficient (Wildman–Crippen LogP) is 3.61. The van der Waals surface area contributed by atoms with Gasteiger partial charge in [-0.15, -0.1) is 0 Å². The van der Waals surface area contributed by atoms with Crippen LogP contribution in [0.25, 0.3) is 0 Å². The monoisotopic (exact) mass is 446 g/mol. The molecule has 1 heterocycles. The van der Waals surface area contributed by atoms with Crippen LogP contribution < -0.4 is 5.32 Å². The lowest BCUT2D eigenvalue weighted by atomic mass is 9.78. The Labute approximate surface area is 182 Å². The molecular formula is C23H27FN2O4S. The minimum absolute atomic E-state index is 0.185. The summed E-state index contributed by atoms with van der Waals surface area (Å²) in [4.78, 5) is 13.6. The van der Waals surface area contributed by atoms with E-state index in [9.17, 15) is 17.6 Å². The van der Waals surface area contributed by atoms with Gasteiger partial charge < -0.3 is 10.1 Å². The van der Waals surface area contributed by atoms with E-state index in [-0.39, 0.29) is 16.6 Å². The number of ether oxygens (including phenoxy) is 1. The summed E-state index contributed by atoms with van der Waals surface area (Å²) in [5.41, 5.74) is 1.12. The van der Waals surface area contributed by atoms with E-state index in [1.165, 1.54) is 22.5 Å². The zero-order valence-electron chi connectivity index (χ0n) is 17.6. The van der Waals surface area contributed by atoms with Crippen molar-refractivity contribution in [2.45, 2.75) is 42.9 Å². The smallest absolute Gasteiger partial charge is 0.243 e. The van der Waals surface area contributed by atoms with Crippen LogP contribution in [0.4, 0.5) is 10.1 Å². The number of carbonyl (C=O) groups excluding carboxylic acids is 1. The van der Waals surface area contributed by atoms with Gasteiger partial charge in [-0.1, -0.05) is 31.0 Å². The average Bonchev–Trinajstić information content (AvgIpc) is 3.27. The Kier molecular flexibility index (Phi) is 6.14. The summed E-state index contributed by atoms with van der Waals surface area (Å²) >= 11 is 0. The van der Waals surface area contributed by atoms with Crippen molar-refractivity contribution >= 4 is 21.6 Å². The summed E-state index contributed by atoms with van der Waals surface area (Å²) in [6, 6.07) is 11.1. The van der Waals surface area contributed by atoms with Gasteiger partial charge in [0.15, 0.2) is 0 Å². The van der Waals surface area contributed by atoms with Crippen LogP contribution in [-0.4, -0.2) is 44.9 Å². The molecule has 6 nitrogen and oxygen atoms in total. The Morgan fingerprint density at radius 2 is 1.71 bits per heavy atom. The van der Waals surface area contributed by atoms with Crippen LogP contribution in [0.1, 0.15) is 36.8 Å².